The fraction of sp³-hybridized carbons (Fsp3) is 0.114. The highest BCUT2D eigenvalue weighted by Crippen LogP contribution is 2.38. The van der Waals surface area contributed by atoms with Crippen LogP contribution in [0.3, 0.4) is 0 Å². The Morgan fingerprint density at radius 3 is 1.71 bits per heavy atom. The predicted molar refractivity (Wildman–Crippen MR) is 194 cm³/mol. The quantitative estimate of drug-likeness (QED) is 0.185. The van der Waals surface area contributed by atoms with Crippen LogP contribution in [0.5, 0.6) is 0 Å². The van der Waals surface area contributed by atoms with Crippen molar-refractivity contribution in [3.63, 3.8) is 0 Å². The number of nitrogens with zero attached hydrogens (tertiary/aromatic N) is 1. The summed E-state index contributed by atoms with van der Waals surface area (Å²) in [6.07, 6.45) is 8.77. The molecule has 0 saturated heterocycles. The van der Waals surface area contributed by atoms with E-state index in [9.17, 15) is 0 Å². The summed E-state index contributed by atoms with van der Waals surface area (Å²) in [5.74, 6) is 0. The number of benzene rings is 7. The predicted octanol–water partition coefficient (Wildman–Crippen LogP) is 12.2. The lowest BCUT2D eigenvalue weighted by Gasteiger charge is -2.14. The molecule has 7 aromatic rings. The molecular formula is C44H35N. The van der Waals surface area contributed by atoms with Crippen LogP contribution in [0, 0.1) is 0 Å². The Balaban J connectivity index is 1.14. The summed E-state index contributed by atoms with van der Waals surface area (Å²) in [5, 5.41) is 7.85. The first-order valence-electron chi connectivity index (χ1n) is 16.1. The van der Waals surface area contributed by atoms with Crippen molar-refractivity contribution in [1.29, 1.82) is 0 Å². The van der Waals surface area contributed by atoms with Gasteiger partial charge in [0.25, 0.3) is 0 Å². The molecule has 0 radical (unpaired) electrons. The van der Waals surface area contributed by atoms with Crippen LogP contribution >= 0.6 is 0 Å². The molecule has 7 aromatic carbocycles. The van der Waals surface area contributed by atoms with Gasteiger partial charge in [0.1, 0.15) is 0 Å². The molecule has 0 N–H and O–H groups in total. The molecule has 0 saturated carbocycles. The molecule has 0 aromatic heterocycles. The molecule has 1 nitrogen and oxygen atoms in total. The Morgan fingerprint density at radius 2 is 1.00 bits per heavy atom. The lowest BCUT2D eigenvalue weighted by Crippen LogP contribution is -1.95. The maximum atomic E-state index is 4.99. The van der Waals surface area contributed by atoms with E-state index in [1.54, 1.807) is 0 Å². The van der Waals surface area contributed by atoms with Crippen LogP contribution in [-0.2, 0) is 0 Å². The molecule has 0 amide bonds. The number of hydrogen-bond acceptors (Lipinski definition) is 1. The van der Waals surface area contributed by atoms with Crippen LogP contribution in [0.2, 0.25) is 0 Å². The highest BCUT2D eigenvalue weighted by molar-refractivity contribution is 6.25. The van der Waals surface area contributed by atoms with Crippen molar-refractivity contribution in [2.24, 2.45) is 4.99 Å². The summed E-state index contributed by atoms with van der Waals surface area (Å²) in [6, 6.07) is 53.4. The zero-order valence-electron chi connectivity index (χ0n) is 25.4. The van der Waals surface area contributed by atoms with Crippen molar-refractivity contribution in [3.8, 4) is 22.3 Å². The summed E-state index contributed by atoms with van der Waals surface area (Å²) in [4.78, 5) is 4.99. The maximum absolute atomic E-state index is 4.99. The molecule has 0 fully saturated rings. The highest BCUT2D eigenvalue weighted by atomic mass is 14.8. The molecule has 0 bridgehead atoms. The molecule has 45 heavy (non-hydrogen) atoms. The highest BCUT2D eigenvalue weighted by Gasteiger charge is 2.14. The van der Waals surface area contributed by atoms with E-state index in [2.05, 4.69) is 152 Å². The molecular weight excluding hydrogens is 542 g/mol. The van der Waals surface area contributed by atoms with Crippen molar-refractivity contribution in [2.45, 2.75) is 31.7 Å². The van der Waals surface area contributed by atoms with Gasteiger partial charge in [-0.2, -0.15) is 0 Å². The Kier molecular flexibility index (Phi) is 7.29. The third kappa shape index (κ3) is 5.25. The van der Waals surface area contributed by atoms with Gasteiger partial charge < -0.3 is 0 Å². The van der Waals surface area contributed by atoms with Crippen molar-refractivity contribution in [1.82, 2.24) is 0 Å². The minimum atomic E-state index is 0.233. The smallest absolute Gasteiger partial charge is 0.0749 e. The lowest BCUT2D eigenvalue weighted by atomic mass is 9.90. The van der Waals surface area contributed by atoms with Crippen molar-refractivity contribution in [3.05, 3.63) is 163 Å². The van der Waals surface area contributed by atoms with E-state index in [-0.39, 0.29) is 6.04 Å². The molecule has 216 valence electrons. The number of fused-ring (bicyclic) bond motifs is 6. The third-order valence-electron chi connectivity index (χ3n) is 9.45. The summed E-state index contributed by atoms with van der Waals surface area (Å²) in [5.41, 5.74) is 8.96. The molecule has 1 heteroatoms. The third-order valence-corrected chi connectivity index (χ3v) is 9.45. The van der Waals surface area contributed by atoms with Gasteiger partial charge in [-0.1, -0.05) is 146 Å². The topological polar surface area (TPSA) is 12.4 Å². The molecule has 0 spiro atoms. The van der Waals surface area contributed by atoms with Gasteiger partial charge in [0.2, 0.25) is 0 Å². The minimum absolute atomic E-state index is 0.233. The Morgan fingerprint density at radius 1 is 0.444 bits per heavy atom. The van der Waals surface area contributed by atoms with E-state index in [1.807, 2.05) is 6.21 Å². The fourth-order valence-electron chi connectivity index (χ4n) is 7.14. The second-order valence-electron chi connectivity index (χ2n) is 12.1. The average molecular weight is 578 g/mol. The molecule has 0 aliphatic carbocycles. The van der Waals surface area contributed by atoms with E-state index in [4.69, 9.17) is 4.99 Å². The van der Waals surface area contributed by atoms with Crippen LogP contribution in [0.15, 0.2) is 157 Å². The second kappa shape index (κ2) is 12.0. The summed E-state index contributed by atoms with van der Waals surface area (Å²) >= 11 is 0. The zero-order chi connectivity index (χ0) is 30.0. The van der Waals surface area contributed by atoms with Crippen molar-refractivity contribution < 1.29 is 0 Å². The first-order chi connectivity index (χ1) is 22.3. The van der Waals surface area contributed by atoms with E-state index < -0.39 is 0 Å². The van der Waals surface area contributed by atoms with Gasteiger partial charge in [-0.05, 0) is 103 Å². The monoisotopic (exact) mass is 577 g/mol. The lowest BCUT2D eigenvalue weighted by molar-refractivity contribution is 0.598. The minimum Gasteiger partial charge on any atom is -0.285 e. The Labute approximate surface area is 265 Å². The van der Waals surface area contributed by atoms with E-state index in [0.717, 1.165) is 19.3 Å². The largest absolute Gasteiger partial charge is 0.285 e. The summed E-state index contributed by atoms with van der Waals surface area (Å²) < 4.78 is 0. The molecule has 8 rings (SSSR count). The van der Waals surface area contributed by atoms with Crippen molar-refractivity contribution >= 4 is 44.1 Å². The Hall–Kier alpha value is -5.27. The fourth-order valence-corrected chi connectivity index (χ4v) is 7.14. The standard InChI is InChI=1S/C44H35N/c1-2-13-34(14-3-1)44-21-11-4-12-32(28-29-45-44)36-15-5-6-16-37(36)33-24-22-31(23-25-33)35-26-27-42-40-19-8-7-17-38(40)39-18-9-10-20-41(39)43(42)30-35/h1-3,5-10,13-20,22-30,44H,4,11-12,21H2. The molecule has 1 unspecified atom stereocenters. The van der Waals surface area contributed by atoms with Gasteiger partial charge in [-0.3, -0.25) is 4.99 Å². The number of aliphatic imine (C=N–C) groups is 1. The maximum Gasteiger partial charge on any atom is 0.0749 e. The SMILES string of the molecule is C1=NC(c2ccccc2)CCCCC(c2ccccc2-c2ccc(-c3ccc4c5ccccc5c5ccccc5c4c3)cc2)=C1. The van der Waals surface area contributed by atoms with E-state index in [0.29, 0.717) is 0 Å². The molecule has 1 aliphatic rings. The van der Waals surface area contributed by atoms with Crippen LogP contribution in [0.25, 0.3) is 60.1 Å². The number of allylic oxidation sites excluding steroid dienone is 2. The van der Waals surface area contributed by atoms with E-state index >= 15 is 0 Å². The van der Waals surface area contributed by atoms with Gasteiger partial charge in [0, 0.05) is 6.21 Å². The van der Waals surface area contributed by atoms with Gasteiger partial charge in [-0.15, -0.1) is 0 Å². The van der Waals surface area contributed by atoms with Gasteiger partial charge in [0.05, 0.1) is 6.04 Å². The Bertz CT molecular complexity index is 2170. The average Bonchev–Trinajstić information content (AvgIpc) is 3.25. The van der Waals surface area contributed by atoms with Crippen LogP contribution in [0.1, 0.15) is 42.9 Å². The second-order valence-corrected chi connectivity index (χ2v) is 12.1. The number of rotatable bonds is 4. The molecule has 1 aliphatic heterocycles. The first-order valence-corrected chi connectivity index (χ1v) is 16.1. The van der Waals surface area contributed by atoms with Crippen molar-refractivity contribution in [2.75, 3.05) is 0 Å². The van der Waals surface area contributed by atoms with Gasteiger partial charge >= 0.3 is 0 Å². The van der Waals surface area contributed by atoms with Gasteiger partial charge in [0.15, 0.2) is 0 Å². The normalized spacial score (nSPS) is 15.5. The summed E-state index contributed by atoms with van der Waals surface area (Å²) in [7, 11) is 0. The molecule has 1 atom stereocenters. The van der Waals surface area contributed by atoms with Crippen LogP contribution < -0.4 is 0 Å². The van der Waals surface area contributed by atoms with E-state index in [1.165, 1.54) is 77.7 Å². The van der Waals surface area contributed by atoms with Crippen LogP contribution in [0.4, 0.5) is 0 Å². The molecule has 1 heterocycles. The van der Waals surface area contributed by atoms with Gasteiger partial charge in [-0.25, -0.2) is 0 Å². The number of hydrogen-bond donors (Lipinski definition) is 0. The first kappa shape index (κ1) is 27.3. The zero-order valence-corrected chi connectivity index (χ0v) is 25.4. The summed E-state index contributed by atoms with van der Waals surface area (Å²) in [6.45, 7) is 0. The van der Waals surface area contributed by atoms with Crippen LogP contribution in [-0.4, -0.2) is 6.21 Å².